The average Bonchev–Trinajstić information content (AvgIpc) is 2.24. The molecule has 1 aromatic rings. The van der Waals surface area contributed by atoms with Crippen molar-refractivity contribution in [2.24, 2.45) is 0 Å². The van der Waals surface area contributed by atoms with E-state index < -0.39 is 13.7 Å². The minimum atomic E-state index is -1.45. The maximum atomic E-state index is 12.4. The van der Waals surface area contributed by atoms with E-state index in [0.29, 0.717) is 0 Å². The zero-order valence-electron chi connectivity index (χ0n) is 12.4. The van der Waals surface area contributed by atoms with Crippen LogP contribution >= 0.6 is 0 Å². The monoisotopic (exact) mass is 278 g/mol. The molecular formula is C14H22N2O2Si. The van der Waals surface area contributed by atoms with Crippen molar-refractivity contribution in [1.29, 1.82) is 0 Å². The molecule has 0 atom stereocenters. The molecule has 2 heterocycles. The molecule has 2 rings (SSSR count). The number of rotatable bonds is 0. The third-order valence-electron chi connectivity index (χ3n) is 3.05. The first-order valence-electron chi connectivity index (χ1n) is 6.61. The van der Waals surface area contributed by atoms with Gasteiger partial charge in [0.1, 0.15) is 5.60 Å². The van der Waals surface area contributed by atoms with Gasteiger partial charge in [-0.05, 0) is 38.4 Å². The number of hydrogen-bond donors (Lipinski definition) is 0. The SMILES string of the molecule is CC(C)(C)OC(=O)N1C[Si](C)(C)Cc2ccncc21. The molecule has 104 valence electrons. The molecule has 0 fully saturated rings. The highest BCUT2D eigenvalue weighted by Crippen LogP contribution is 2.31. The highest BCUT2D eigenvalue weighted by molar-refractivity contribution is 6.78. The molecule has 19 heavy (non-hydrogen) atoms. The summed E-state index contributed by atoms with van der Waals surface area (Å²) >= 11 is 0. The summed E-state index contributed by atoms with van der Waals surface area (Å²) in [5.74, 6) is 0. The van der Waals surface area contributed by atoms with Gasteiger partial charge in [0, 0.05) is 12.4 Å². The quantitative estimate of drug-likeness (QED) is 0.685. The van der Waals surface area contributed by atoms with Crippen LogP contribution in [0.5, 0.6) is 0 Å². The minimum Gasteiger partial charge on any atom is -0.443 e. The lowest BCUT2D eigenvalue weighted by Gasteiger charge is -2.38. The molecule has 0 aromatic carbocycles. The lowest BCUT2D eigenvalue weighted by atomic mass is 10.2. The number of carbonyl (C=O) groups is 1. The summed E-state index contributed by atoms with van der Waals surface area (Å²) in [7, 11) is -1.45. The van der Waals surface area contributed by atoms with Crippen molar-refractivity contribution in [2.45, 2.75) is 45.5 Å². The third-order valence-corrected chi connectivity index (χ3v) is 5.56. The Kier molecular flexibility index (Phi) is 3.43. The van der Waals surface area contributed by atoms with E-state index in [9.17, 15) is 4.79 Å². The Morgan fingerprint density at radius 2 is 2.11 bits per heavy atom. The Morgan fingerprint density at radius 3 is 2.74 bits per heavy atom. The van der Waals surface area contributed by atoms with Gasteiger partial charge in [0.25, 0.3) is 0 Å². The Bertz CT molecular complexity index is 494. The number of amides is 1. The fourth-order valence-electron chi connectivity index (χ4n) is 2.37. The molecule has 5 heteroatoms. The third kappa shape index (κ3) is 3.35. The van der Waals surface area contributed by atoms with Gasteiger partial charge in [-0.15, -0.1) is 0 Å². The van der Waals surface area contributed by atoms with Crippen molar-refractivity contribution >= 4 is 19.9 Å². The van der Waals surface area contributed by atoms with Crippen LogP contribution in [0.2, 0.25) is 13.1 Å². The van der Waals surface area contributed by atoms with Crippen LogP contribution in [0.3, 0.4) is 0 Å². The van der Waals surface area contributed by atoms with Crippen LogP contribution in [0.15, 0.2) is 18.5 Å². The molecule has 0 aliphatic carbocycles. The van der Waals surface area contributed by atoms with Crippen LogP contribution < -0.4 is 4.90 Å². The number of carbonyl (C=O) groups excluding carboxylic acids is 1. The smallest absolute Gasteiger partial charge is 0.414 e. The highest BCUT2D eigenvalue weighted by Gasteiger charge is 2.36. The van der Waals surface area contributed by atoms with Crippen LogP contribution in [-0.2, 0) is 10.8 Å². The van der Waals surface area contributed by atoms with Gasteiger partial charge in [-0.25, -0.2) is 4.79 Å². The average molecular weight is 278 g/mol. The van der Waals surface area contributed by atoms with E-state index >= 15 is 0 Å². The van der Waals surface area contributed by atoms with Crippen molar-refractivity contribution in [3.05, 3.63) is 24.0 Å². The number of hydrogen-bond acceptors (Lipinski definition) is 3. The van der Waals surface area contributed by atoms with Gasteiger partial charge in [0.05, 0.1) is 20.0 Å². The summed E-state index contributed by atoms with van der Waals surface area (Å²) in [6, 6.07) is 3.10. The summed E-state index contributed by atoms with van der Waals surface area (Å²) in [6.45, 7) is 10.3. The van der Waals surface area contributed by atoms with E-state index in [4.69, 9.17) is 4.74 Å². The van der Waals surface area contributed by atoms with Crippen molar-refractivity contribution in [2.75, 3.05) is 11.1 Å². The van der Waals surface area contributed by atoms with Crippen LogP contribution in [-0.4, -0.2) is 30.9 Å². The maximum Gasteiger partial charge on any atom is 0.414 e. The van der Waals surface area contributed by atoms with E-state index in [1.54, 1.807) is 17.3 Å². The van der Waals surface area contributed by atoms with Crippen LogP contribution in [0.4, 0.5) is 10.5 Å². The topological polar surface area (TPSA) is 42.4 Å². The fraction of sp³-hybridized carbons (Fsp3) is 0.571. The van der Waals surface area contributed by atoms with Gasteiger partial charge in [0.2, 0.25) is 0 Å². The normalized spacial score (nSPS) is 17.8. The molecule has 1 aromatic heterocycles. The largest absolute Gasteiger partial charge is 0.443 e. The molecule has 4 nitrogen and oxygen atoms in total. The van der Waals surface area contributed by atoms with Crippen molar-refractivity contribution < 1.29 is 9.53 Å². The lowest BCUT2D eigenvalue weighted by molar-refractivity contribution is 0.0584. The van der Waals surface area contributed by atoms with Crippen LogP contribution in [0, 0.1) is 0 Å². The first-order chi connectivity index (χ1) is 8.68. The summed E-state index contributed by atoms with van der Waals surface area (Å²) in [4.78, 5) is 18.3. The van der Waals surface area contributed by atoms with E-state index in [1.807, 2.05) is 26.8 Å². The first kappa shape index (κ1) is 14.1. The van der Waals surface area contributed by atoms with E-state index in [1.165, 1.54) is 5.56 Å². The summed E-state index contributed by atoms with van der Waals surface area (Å²) in [5, 5.41) is 0. The second-order valence-electron chi connectivity index (χ2n) is 6.91. The molecule has 1 aliphatic heterocycles. The van der Waals surface area contributed by atoms with Crippen LogP contribution in [0.25, 0.3) is 0 Å². The summed E-state index contributed by atoms with van der Waals surface area (Å²) in [6.07, 6.45) is 4.09. The van der Waals surface area contributed by atoms with Gasteiger partial charge in [-0.1, -0.05) is 13.1 Å². The fourth-order valence-corrected chi connectivity index (χ4v) is 4.97. The zero-order chi connectivity index (χ0) is 14.3. The van der Waals surface area contributed by atoms with Gasteiger partial charge in [-0.2, -0.15) is 0 Å². The predicted molar refractivity (Wildman–Crippen MR) is 79.0 cm³/mol. The molecule has 0 saturated carbocycles. The van der Waals surface area contributed by atoms with E-state index in [2.05, 4.69) is 18.1 Å². The minimum absolute atomic E-state index is 0.262. The maximum absolute atomic E-state index is 12.4. The molecule has 0 N–H and O–H groups in total. The number of anilines is 1. The van der Waals surface area contributed by atoms with E-state index in [-0.39, 0.29) is 6.09 Å². The number of aromatic nitrogens is 1. The van der Waals surface area contributed by atoms with Gasteiger partial charge in [0.15, 0.2) is 0 Å². The molecule has 0 unspecified atom stereocenters. The molecule has 0 saturated heterocycles. The van der Waals surface area contributed by atoms with E-state index in [0.717, 1.165) is 17.9 Å². The Hall–Kier alpha value is -1.36. The predicted octanol–water partition coefficient (Wildman–Crippen LogP) is 3.17. The Labute approximate surface area is 115 Å². The second-order valence-corrected chi connectivity index (χ2v) is 11.9. The summed E-state index contributed by atoms with van der Waals surface area (Å²) < 4.78 is 5.51. The first-order valence-corrected chi connectivity index (χ1v) is 10.0. The van der Waals surface area contributed by atoms with Crippen molar-refractivity contribution in [3.63, 3.8) is 0 Å². The summed E-state index contributed by atoms with van der Waals surface area (Å²) in [5.41, 5.74) is 1.65. The standard InChI is InChI=1S/C14H22N2O2Si/c1-14(2,3)18-13(17)16-10-19(4,5)9-11-6-7-15-8-12(11)16/h6-8H,9-10H2,1-5H3. The van der Waals surface area contributed by atoms with Gasteiger partial charge < -0.3 is 4.74 Å². The molecule has 0 radical (unpaired) electrons. The second kappa shape index (κ2) is 4.63. The number of fused-ring (bicyclic) bond motifs is 1. The molecule has 0 spiro atoms. The Morgan fingerprint density at radius 1 is 1.42 bits per heavy atom. The lowest BCUT2D eigenvalue weighted by Crippen LogP contribution is -2.52. The van der Waals surface area contributed by atoms with Crippen molar-refractivity contribution in [3.8, 4) is 0 Å². The molecule has 0 bridgehead atoms. The molecule has 1 amide bonds. The van der Waals surface area contributed by atoms with Crippen LogP contribution in [0.1, 0.15) is 26.3 Å². The highest BCUT2D eigenvalue weighted by atomic mass is 28.3. The van der Waals surface area contributed by atoms with Gasteiger partial charge in [-0.3, -0.25) is 9.88 Å². The number of pyridine rings is 1. The molecule has 1 aliphatic rings. The molecular weight excluding hydrogens is 256 g/mol. The Balaban J connectivity index is 2.32. The van der Waals surface area contributed by atoms with Crippen molar-refractivity contribution in [1.82, 2.24) is 4.98 Å². The zero-order valence-corrected chi connectivity index (χ0v) is 13.4. The number of nitrogens with zero attached hydrogens (tertiary/aromatic N) is 2. The number of ether oxygens (including phenoxy) is 1. The van der Waals surface area contributed by atoms with Gasteiger partial charge >= 0.3 is 6.09 Å².